The molecule has 4 atom stereocenters. The molecular formula is C22H42O3Si2. The van der Waals surface area contributed by atoms with Gasteiger partial charge in [-0.25, -0.2) is 0 Å². The van der Waals surface area contributed by atoms with Crippen molar-refractivity contribution >= 4 is 22.4 Å². The fourth-order valence-corrected chi connectivity index (χ4v) is 6.25. The molecule has 0 heterocycles. The zero-order chi connectivity index (χ0) is 21.0. The van der Waals surface area contributed by atoms with Gasteiger partial charge in [0.1, 0.15) is 0 Å². The molecule has 0 N–H and O–H groups in total. The Morgan fingerprint density at radius 2 is 1.37 bits per heavy atom. The van der Waals surface area contributed by atoms with Gasteiger partial charge in [-0.05, 0) is 66.7 Å². The number of carbonyl (C=O) groups is 1. The quantitative estimate of drug-likeness (QED) is 0.508. The molecule has 5 heteroatoms. The lowest BCUT2D eigenvalue weighted by Crippen LogP contribution is -2.54. The van der Waals surface area contributed by atoms with Gasteiger partial charge in [0.25, 0.3) is 0 Å². The van der Waals surface area contributed by atoms with Gasteiger partial charge in [-0.1, -0.05) is 48.5 Å². The summed E-state index contributed by atoms with van der Waals surface area (Å²) in [6.45, 7) is 25.0. The number of allylic oxidation sites excluding steroid dienone is 1. The summed E-state index contributed by atoms with van der Waals surface area (Å²) in [4.78, 5) is 12.4. The third-order valence-corrected chi connectivity index (χ3v) is 16.7. The molecule has 0 unspecified atom stereocenters. The van der Waals surface area contributed by atoms with Gasteiger partial charge in [-0.3, -0.25) is 4.79 Å². The van der Waals surface area contributed by atoms with E-state index in [-0.39, 0.29) is 34.0 Å². The molecule has 1 saturated carbocycles. The molecule has 2 aliphatic carbocycles. The van der Waals surface area contributed by atoms with Crippen molar-refractivity contribution in [3.05, 3.63) is 11.6 Å². The maximum Gasteiger partial charge on any atom is 0.193 e. The van der Waals surface area contributed by atoms with Crippen LogP contribution in [0.15, 0.2) is 11.6 Å². The van der Waals surface area contributed by atoms with Crippen LogP contribution in [0, 0.1) is 11.8 Å². The lowest BCUT2D eigenvalue weighted by Gasteiger charge is -2.48. The van der Waals surface area contributed by atoms with E-state index in [0.717, 1.165) is 12.8 Å². The van der Waals surface area contributed by atoms with Crippen molar-refractivity contribution in [2.24, 2.45) is 11.8 Å². The van der Waals surface area contributed by atoms with Gasteiger partial charge in [0.2, 0.25) is 0 Å². The van der Waals surface area contributed by atoms with Gasteiger partial charge in [0.15, 0.2) is 22.4 Å². The molecule has 0 bridgehead atoms. The van der Waals surface area contributed by atoms with E-state index in [1.807, 2.05) is 6.08 Å². The highest BCUT2D eigenvalue weighted by molar-refractivity contribution is 6.74. The standard InChI is InChI=1S/C22H42O3Si2/c1-15-16-12-13-19(24-26(8,9)21(2,3)4)20(17(16)14-18(15)23)25-27(10,11)22(5,6)7/h14-16,19-20H,12-13H2,1-11H3/t15-,16-,19-,20+/m0/s1. The van der Waals surface area contributed by atoms with E-state index in [4.69, 9.17) is 8.85 Å². The first-order chi connectivity index (χ1) is 12.0. The van der Waals surface area contributed by atoms with Crippen molar-refractivity contribution in [2.75, 3.05) is 0 Å². The van der Waals surface area contributed by atoms with Crippen LogP contribution < -0.4 is 0 Å². The first-order valence-corrected chi connectivity index (χ1v) is 16.4. The molecule has 0 aromatic heterocycles. The number of hydrogen-bond acceptors (Lipinski definition) is 3. The highest BCUT2D eigenvalue weighted by Gasteiger charge is 2.50. The lowest BCUT2D eigenvalue weighted by molar-refractivity contribution is -0.118. The van der Waals surface area contributed by atoms with Crippen LogP contribution in [0.3, 0.4) is 0 Å². The third-order valence-electron chi connectivity index (χ3n) is 7.70. The molecule has 0 aromatic carbocycles. The molecule has 156 valence electrons. The minimum atomic E-state index is -1.98. The highest BCUT2D eigenvalue weighted by Crippen LogP contribution is 2.48. The van der Waals surface area contributed by atoms with Crippen molar-refractivity contribution < 1.29 is 13.6 Å². The van der Waals surface area contributed by atoms with E-state index in [9.17, 15) is 4.79 Å². The summed E-state index contributed by atoms with van der Waals surface area (Å²) < 4.78 is 13.8. The first-order valence-electron chi connectivity index (χ1n) is 10.6. The fraction of sp³-hybridized carbons (Fsp3) is 0.864. The van der Waals surface area contributed by atoms with Gasteiger partial charge >= 0.3 is 0 Å². The second-order valence-electron chi connectivity index (χ2n) is 11.7. The molecule has 0 spiro atoms. The molecule has 2 aliphatic rings. The van der Waals surface area contributed by atoms with E-state index in [1.165, 1.54) is 5.57 Å². The second kappa shape index (κ2) is 7.22. The summed E-state index contributed by atoms with van der Waals surface area (Å²) in [5.41, 5.74) is 1.22. The van der Waals surface area contributed by atoms with Gasteiger partial charge in [-0.15, -0.1) is 0 Å². The molecule has 0 amide bonds. The van der Waals surface area contributed by atoms with Crippen LogP contribution in [-0.2, 0) is 13.6 Å². The van der Waals surface area contributed by atoms with Crippen LogP contribution >= 0.6 is 0 Å². The van der Waals surface area contributed by atoms with Crippen molar-refractivity contribution in [3.63, 3.8) is 0 Å². The van der Waals surface area contributed by atoms with Gasteiger partial charge in [0, 0.05) is 5.92 Å². The van der Waals surface area contributed by atoms with E-state index in [2.05, 4.69) is 74.7 Å². The molecule has 1 fully saturated rings. The van der Waals surface area contributed by atoms with Crippen molar-refractivity contribution in [3.8, 4) is 0 Å². The number of fused-ring (bicyclic) bond motifs is 1. The first kappa shape index (κ1) is 23.0. The molecule has 27 heavy (non-hydrogen) atoms. The summed E-state index contributed by atoms with van der Waals surface area (Å²) in [5, 5.41) is 0.300. The Hall–Kier alpha value is -0.236. The van der Waals surface area contributed by atoms with Crippen LogP contribution in [0.25, 0.3) is 0 Å². The van der Waals surface area contributed by atoms with Crippen LogP contribution in [0.4, 0.5) is 0 Å². The topological polar surface area (TPSA) is 35.5 Å². The van der Waals surface area contributed by atoms with Crippen molar-refractivity contribution in [1.82, 2.24) is 0 Å². The van der Waals surface area contributed by atoms with Crippen LogP contribution in [0.1, 0.15) is 61.3 Å². The Bertz CT molecular complexity index is 608. The molecule has 0 saturated heterocycles. The summed E-state index contributed by atoms with van der Waals surface area (Å²) in [6.07, 6.45) is 3.93. The zero-order valence-electron chi connectivity index (χ0n) is 19.5. The molecule has 0 radical (unpaired) electrons. The minimum Gasteiger partial charge on any atom is -0.411 e. The monoisotopic (exact) mass is 410 g/mol. The number of hydrogen-bond donors (Lipinski definition) is 0. The maximum atomic E-state index is 12.4. The molecular weight excluding hydrogens is 368 g/mol. The number of ketones is 1. The Kier molecular flexibility index (Phi) is 6.17. The SMILES string of the molecule is C[C@@H]1C(=O)C=C2[C@H]1CC[C@H](O[Si](C)(C)C(C)(C)C)[C@@H]2O[Si](C)(C)C(C)(C)C. The highest BCUT2D eigenvalue weighted by atomic mass is 28.4. The summed E-state index contributed by atoms with van der Waals surface area (Å²) in [6, 6.07) is 0. The summed E-state index contributed by atoms with van der Waals surface area (Å²) >= 11 is 0. The number of carbonyl (C=O) groups excluding carboxylic acids is 1. The molecule has 2 rings (SSSR count). The van der Waals surface area contributed by atoms with Crippen molar-refractivity contribution in [1.29, 1.82) is 0 Å². The van der Waals surface area contributed by atoms with Gasteiger partial charge in [-0.2, -0.15) is 0 Å². The predicted octanol–water partition coefficient (Wildman–Crippen LogP) is 6.32. The molecule has 3 nitrogen and oxygen atoms in total. The van der Waals surface area contributed by atoms with Gasteiger partial charge in [0.05, 0.1) is 12.2 Å². The second-order valence-corrected chi connectivity index (χ2v) is 21.2. The Labute approximate surface area is 169 Å². The van der Waals surface area contributed by atoms with Gasteiger partial charge < -0.3 is 8.85 Å². The van der Waals surface area contributed by atoms with Crippen molar-refractivity contribution in [2.45, 2.75) is 110 Å². The normalized spacial score (nSPS) is 30.3. The Morgan fingerprint density at radius 3 is 1.85 bits per heavy atom. The van der Waals surface area contributed by atoms with Crippen LogP contribution in [0.2, 0.25) is 36.3 Å². The van der Waals surface area contributed by atoms with E-state index in [0.29, 0.717) is 5.92 Å². The van der Waals surface area contributed by atoms with Crippen LogP contribution in [0.5, 0.6) is 0 Å². The largest absolute Gasteiger partial charge is 0.411 e. The van der Waals surface area contributed by atoms with E-state index < -0.39 is 16.6 Å². The lowest BCUT2D eigenvalue weighted by atomic mass is 9.78. The molecule has 0 aromatic rings. The summed E-state index contributed by atoms with van der Waals surface area (Å²) in [7, 11) is -3.89. The Balaban J connectivity index is 2.38. The summed E-state index contributed by atoms with van der Waals surface area (Å²) in [5.74, 6) is 0.706. The molecule has 0 aliphatic heterocycles. The van der Waals surface area contributed by atoms with Crippen LogP contribution in [-0.4, -0.2) is 34.6 Å². The van der Waals surface area contributed by atoms with E-state index in [1.54, 1.807) is 0 Å². The maximum absolute atomic E-state index is 12.4. The predicted molar refractivity (Wildman–Crippen MR) is 119 cm³/mol. The van der Waals surface area contributed by atoms with E-state index >= 15 is 0 Å². The fourth-order valence-electron chi connectivity index (χ4n) is 3.62. The smallest absolute Gasteiger partial charge is 0.193 e. The minimum absolute atomic E-state index is 0.0623. The zero-order valence-corrected chi connectivity index (χ0v) is 21.5. The number of rotatable bonds is 4. The average molecular weight is 411 g/mol. The average Bonchev–Trinajstić information content (AvgIpc) is 2.74. The third kappa shape index (κ3) is 4.52. The Morgan fingerprint density at radius 1 is 0.889 bits per heavy atom.